The van der Waals surface area contributed by atoms with Crippen LogP contribution in [-0.2, 0) is 10.0 Å². The molecule has 2 aromatic carbocycles. The molecule has 3 N–H and O–H groups in total. The van der Waals surface area contributed by atoms with E-state index in [2.05, 4.69) is 15.2 Å². The SMILES string of the molecule is Cc1cccc(-c2c(-c3ccc4ncnn4c3)[nH]n(-c3ccc(S(N)(=O)=O)cc3)c2=O)c1. The van der Waals surface area contributed by atoms with E-state index in [-0.39, 0.29) is 10.5 Å². The van der Waals surface area contributed by atoms with Crippen molar-refractivity contribution in [2.24, 2.45) is 5.14 Å². The number of fused-ring (bicyclic) bond motifs is 1. The number of aromatic amines is 1. The van der Waals surface area contributed by atoms with Crippen molar-refractivity contribution in [2.45, 2.75) is 11.8 Å². The van der Waals surface area contributed by atoms with Crippen molar-refractivity contribution in [3.8, 4) is 28.1 Å². The largest absolute Gasteiger partial charge is 0.290 e. The molecule has 0 atom stereocenters. The number of nitrogens with one attached hydrogen (secondary N) is 1. The number of benzene rings is 2. The summed E-state index contributed by atoms with van der Waals surface area (Å²) < 4.78 is 26.2. The number of primary sulfonamides is 1. The van der Waals surface area contributed by atoms with Crippen LogP contribution in [0.15, 0.2) is 82.9 Å². The first-order chi connectivity index (χ1) is 15.3. The van der Waals surface area contributed by atoms with Crippen LogP contribution in [0.4, 0.5) is 0 Å². The standard InChI is InChI=1S/C22H18N6O3S/c1-14-3-2-4-15(11-14)20-21(16-5-10-19-24-13-25-27(19)12-16)26-28(22(20)29)17-6-8-18(9-7-17)32(23,30)31/h2-13,26H,1H3,(H2,23,30,31). The van der Waals surface area contributed by atoms with Gasteiger partial charge < -0.3 is 0 Å². The summed E-state index contributed by atoms with van der Waals surface area (Å²) in [5, 5.41) is 12.5. The van der Waals surface area contributed by atoms with Crippen LogP contribution >= 0.6 is 0 Å². The molecule has 0 radical (unpaired) electrons. The Kier molecular flexibility index (Phi) is 4.54. The molecule has 0 amide bonds. The minimum atomic E-state index is -3.83. The molecule has 32 heavy (non-hydrogen) atoms. The number of aryl methyl sites for hydroxylation is 1. The first kappa shape index (κ1) is 19.9. The summed E-state index contributed by atoms with van der Waals surface area (Å²) >= 11 is 0. The molecule has 0 spiro atoms. The quantitative estimate of drug-likeness (QED) is 0.438. The van der Waals surface area contributed by atoms with Gasteiger partial charge in [-0.2, -0.15) is 5.10 Å². The number of nitrogens with zero attached hydrogens (tertiary/aromatic N) is 4. The first-order valence-electron chi connectivity index (χ1n) is 9.66. The molecule has 0 aliphatic carbocycles. The van der Waals surface area contributed by atoms with Crippen LogP contribution < -0.4 is 10.7 Å². The van der Waals surface area contributed by atoms with Crippen molar-refractivity contribution in [2.75, 3.05) is 0 Å². The lowest BCUT2D eigenvalue weighted by Gasteiger charge is -2.05. The zero-order valence-corrected chi connectivity index (χ0v) is 17.7. The van der Waals surface area contributed by atoms with Gasteiger partial charge in [0.15, 0.2) is 5.65 Å². The molecular formula is C22H18N6O3S. The van der Waals surface area contributed by atoms with Gasteiger partial charge in [0.1, 0.15) is 6.33 Å². The maximum Gasteiger partial charge on any atom is 0.279 e. The molecule has 9 nitrogen and oxygen atoms in total. The fourth-order valence-electron chi connectivity index (χ4n) is 3.65. The maximum absolute atomic E-state index is 13.5. The van der Waals surface area contributed by atoms with Crippen LogP contribution in [0.2, 0.25) is 0 Å². The lowest BCUT2D eigenvalue weighted by molar-refractivity contribution is 0.598. The summed E-state index contributed by atoms with van der Waals surface area (Å²) in [7, 11) is -3.83. The first-order valence-corrected chi connectivity index (χ1v) is 11.2. The monoisotopic (exact) mass is 446 g/mol. The number of pyridine rings is 1. The van der Waals surface area contributed by atoms with E-state index in [1.165, 1.54) is 35.3 Å². The molecule has 0 saturated carbocycles. The molecule has 0 saturated heterocycles. The third-order valence-electron chi connectivity index (χ3n) is 5.18. The molecule has 3 heterocycles. The molecule has 0 aliphatic heterocycles. The zero-order valence-electron chi connectivity index (χ0n) is 16.9. The summed E-state index contributed by atoms with van der Waals surface area (Å²) in [5.74, 6) is 0. The zero-order chi connectivity index (χ0) is 22.5. The number of aromatic nitrogens is 5. The van der Waals surface area contributed by atoms with E-state index >= 15 is 0 Å². The van der Waals surface area contributed by atoms with Crippen LogP contribution in [-0.4, -0.2) is 32.8 Å². The highest BCUT2D eigenvalue weighted by molar-refractivity contribution is 7.89. The second-order valence-corrected chi connectivity index (χ2v) is 8.95. The average molecular weight is 446 g/mol. The van der Waals surface area contributed by atoms with Gasteiger partial charge in [-0.05, 0) is 48.9 Å². The van der Waals surface area contributed by atoms with Gasteiger partial charge in [0.2, 0.25) is 10.0 Å². The normalized spacial score (nSPS) is 11.8. The highest BCUT2D eigenvalue weighted by Gasteiger charge is 2.20. The van der Waals surface area contributed by atoms with Crippen molar-refractivity contribution in [1.82, 2.24) is 24.4 Å². The molecule has 0 bridgehead atoms. The van der Waals surface area contributed by atoms with Gasteiger partial charge in [-0.3, -0.25) is 9.89 Å². The molecular weight excluding hydrogens is 428 g/mol. The minimum Gasteiger partial charge on any atom is -0.290 e. The van der Waals surface area contributed by atoms with Gasteiger partial charge in [-0.1, -0.05) is 29.8 Å². The Morgan fingerprint density at radius 3 is 2.50 bits per heavy atom. The van der Waals surface area contributed by atoms with Crippen LogP contribution in [0.1, 0.15) is 5.56 Å². The van der Waals surface area contributed by atoms with Gasteiger partial charge >= 0.3 is 0 Å². The lowest BCUT2D eigenvalue weighted by atomic mass is 10.0. The summed E-state index contributed by atoms with van der Waals surface area (Å²) in [6, 6.07) is 17.2. The van der Waals surface area contributed by atoms with E-state index in [0.29, 0.717) is 22.6 Å². The third kappa shape index (κ3) is 3.41. The van der Waals surface area contributed by atoms with Crippen LogP contribution in [0.3, 0.4) is 0 Å². The molecule has 160 valence electrons. The van der Waals surface area contributed by atoms with Crippen molar-refractivity contribution < 1.29 is 8.42 Å². The summed E-state index contributed by atoms with van der Waals surface area (Å²) in [6.07, 6.45) is 3.25. The Morgan fingerprint density at radius 2 is 1.78 bits per heavy atom. The van der Waals surface area contributed by atoms with Gasteiger partial charge in [0.25, 0.3) is 5.56 Å². The van der Waals surface area contributed by atoms with E-state index in [4.69, 9.17) is 5.14 Å². The highest BCUT2D eigenvalue weighted by atomic mass is 32.2. The Labute approximate surface area is 182 Å². The van der Waals surface area contributed by atoms with E-state index < -0.39 is 10.0 Å². The van der Waals surface area contributed by atoms with E-state index in [1.807, 2.05) is 43.3 Å². The molecule has 0 aliphatic rings. The van der Waals surface area contributed by atoms with Gasteiger partial charge in [0.05, 0.1) is 21.8 Å². The minimum absolute atomic E-state index is 0.0309. The van der Waals surface area contributed by atoms with E-state index in [1.54, 1.807) is 10.7 Å². The number of hydrogen-bond acceptors (Lipinski definition) is 5. The summed E-state index contributed by atoms with van der Waals surface area (Å²) in [5.41, 5.74) is 4.52. The molecule has 0 unspecified atom stereocenters. The van der Waals surface area contributed by atoms with Crippen LogP contribution in [0.5, 0.6) is 0 Å². The fourth-order valence-corrected chi connectivity index (χ4v) is 4.16. The van der Waals surface area contributed by atoms with Gasteiger partial charge in [0, 0.05) is 11.8 Å². The predicted molar refractivity (Wildman–Crippen MR) is 120 cm³/mol. The topological polar surface area (TPSA) is 128 Å². The Hall–Kier alpha value is -4.02. The van der Waals surface area contributed by atoms with E-state index in [9.17, 15) is 13.2 Å². The molecule has 10 heteroatoms. The van der Waals surface area contributed by atoms with Crippen molar-refractivity contribution in [1.29, 1.82) is 0 Å². The van der Waals surface area contributed by atoms with Crippen molar-refractivity contribution >= 4 is 15.7 Å². The fraction of sp³-hybridized carbons (Fsp3) is 0.0455. The predicted octanol–water partition coefficient (Wildman–Crippen LogP) is 2.50. The number of hydrogen-bond donors (Lipinski definition) is 2. The van der Waals surface area contributed by atoms with Crippen molar-refractivity contribution in [3.05, 3.63) is 89.1 Å². The second kappa shape index (κ2) is 7.29. The van der Waals surface area contributed by atoms with Crippen LogP contribution in [0, 0.1) is 6.92 Å². The number of rotatable bonds is 4. The van der Waals surface area contributed by atoms with Crippen LogP contribution in [0.25, 0.3) is 33.7 Å². The third-order valence-corrected chi connectivity index (χ3v) is 6.11. The highest BCUT2D eigenvalue weighted by Crippen LogP contribution is 2.29. The molecule has 3 aromatic heterocycles. The second-order valence-electron chi connectivity index (χ2n) is 7.39. The summed E-state index contributed by atoms with van der Waals surface area (Å²) in [6.45, 7) is 1.96. The number of H-pyrrole nitrogens is 1. The Balaban J connectivity index is 1.74. The lowest BCUT2D eigenvalue weighted by Crippen LogP contribution is -2.16. The molecule has 5 aromatic rings. The smallest absolute Gasteiger partial charge is 0.279 e. The Morgan fingerprint density at radius 1 is 1.00 bits per heavy atom. The average Bonchev–Trinajstić information content (AvgIpc) is 3.37. The van der Waals surface area contributed by atoms with Gasteiger partial charge in [-0.15, -0.1) is 0 Å². The Bertz CT molecular complexity index is 1630. The maximum atomic E-state index is 13.5. The molecule has 5 rings (SSSR count). The van der Waals surface area contributed by atoms with Crippen molar-refractivity contribution in [3.63, 3.8) is 0 Å². The van der Waals surface area contributed by atoms with E-state index in [0.717, 1.165) is 16.7 Å². The summed E-state index contributed by atoms with van der Waals surface area (Å²) in [4.78, 5) is 17.7. The number of nitrogens with two attached hydrogens (primary N) is 1. The molecule has 0 fully saturated rings. The van der Waals surface area contributed by atoms with Gasteiger partial charge in [-0.25, -0.2) is 27.7 Å². The number of sulfonamides is 1.